The summed E-state index contributed by atoms with van der Waals surface area (Å²) in [5.74, 6) is -1.22. The Morgan fingerprint density at radius 3 is 2.13 bits per heavy atom. The van der Waals surface area contributed by atoms with Crippen molar-refractivity contribution in [2.75, 3.05) is 19.8 Å². The summed E-state index contributed by atoms with van der Waals surface area (Å²) in [6.07, 6.45) is -5.29. The first-order chi connectivity index (χ1) is 10.3. The number of ether oxygens (including phenoxy) is 2. The van der Waals surface area contributed by atoms with Crippen LogP contribution in [0.25, 0.3) is 0 Å². The van der Waals surface area contributed by atoms with Crippen LogP contribution in [0, 0.1) is 5.41 Å². The molecule has 0 fully saturated rings. The van der Waals surface area contributed by atoms with Crippen LogP contribution in [0.15, 0.2) is 0 Å². The predicted molar refractivity (Wildman–Crippen MR) is 76.1 cm³/mol. The third-order valence-electron chi connectivity index (χ3n) is 3.09. The van der Waals surface area contributed by atoms with Crippen molar-refractivity contribution < 1.29 is 37.3 Å². The van der Waals surface area contributed by atoms with Crippen molar-refractivity contribution in [3.63, 3.8) is 0 Å². The summed E-state index contributed by atoms with van der Waals surface area (Å²) in [5, 5.41) is 11.7. The van der Waals surface area contributed by atoms with Crippen LogP contribution in [0.4, 0.5) is 18.0 Å². The molecule has 0 radical (unpaired) electrons. The zero-order chi connectivity index (χ0) is 18.3. The zero-order valence-electron chi connectivity index (χ0n) is 13.7. The van der Waals surface area contributed by atoms with E-state index in [1.54, 1.807) is 27.7 Å². The zero-order valence-corrected chi connectivity index (χ0v) is 13.7. The second kappa shape index (κ2) is 8.37. The number of alkyl carbamates (subject to hydrolysis) is 1. The maximum Gasteiger partial charge on any atom is 0.411 e. The summed E-state index contributed by atoms with van der Waals surface area (Å²) in [6, 6.07) is 0. The number of amides is 1. The number of hydrogen-bond donors (Lipinski definition) is 2. The van der Waals surface area contributed by atoms with Crippen molar-refractivity contribution in [1.82, 2.24) is 5.32 Å². The van der Waals surface area contributed by atoms with E-state index in [4.69, 9.17) is 4.74 Å². The highest BCUT2D eigenvalue weighted by Gasteiger charge is 2.38. The topological polar surface area (TPSA) is 84.9 Å². The van der Waals surface area contributed by atoms with Crippen LogP contribution in [0.2, 0.25) is 0 Å². The smallest absolute Gasteiger partial charge is 0.411 e. The predicted octanol–water partition coefficient (Wildman–Crippen LogP) is 2.96. The van der Waals surface area contributed by atoms with Gasteiger partial charge in [0.1, 0.15) is 12.2 Å². The number of hydrogen-bond acceptors (Lipinski definition) is 4. The fraction of sp³-hybridized carbons (Fsp3) is 0.857. The lowest BCUT2D eigenvalue weighted by Crippen LogP contribution is -2.45. The van der Waals surface area contributed by atoms with E-state index in [1.165, 1.54) is 0 Å². The summed E-state index contributed by atoms with van der Waals surface area (Å²) in [4.78, 5) is 23.1. The molecule has 1 unspecified atom stereocenters. The van der Waals surface area contributed by atoms with Gasteiger partial charge >= 0.3 is 18.2 Å². The van der Waals surface area contributed by atoms with Crippen LogP contribution in [0.3, 0.4) is 0 Å². The molecule has 9 heteroatoms. The largest absolute Gasteiger partial charge is 0.481 e. The van der Waals surface area contributed by atoms with Gasteiger partial charge in [0.2, 0.25) is 0 Å². The van der Waals surface area contributed by atoms with Gasteiger partial charge in [-0.25, -0.2) is 4.79 Å². The Bertz CT molecular complexity index is 406. The van der Waals surface area contributed by atoms with Gasteiger partial charge in [-0.15, -0.1) is 0 Å². The first-order valence-corrected chi connectivity index (χ1v) is 7.16. The van der Waals surface area contributed by atoms with Gasteiger partial charge in [-0.05, 0) is 33.6 Å². The monoisotopic (exact) mass is 343 g/mol. The van der Waals surface area contributed by atoms with Crippen molar-refractivity contribution in [1.29, 1.82) is 0 Å². The Kier molecular flexibility index (Phi) is 7.82. The summed E-state index contributed by atoms with van der Waals surface area (Å²) in [5.41, 5.74) is -2.15. The molecule has 0 aromatic carbocycles. The molecule has 0 aliphatic rings. The van der Waals surface area contributed by atoms with Crippen LogP contribution < -0.4 is 5.32 Å². The molecule has 0 saturated carbocycles. The molecule has 0 aliphatic carbocycles. The summed E-state index contributed by atoms with van der Waals surface area (Å²) >= 11 is 0. The van der Waals surface area contributed by atoms with E-state index in [-0.39, 0.29) is 26.0 Å². The molecule has 0 bridgehead atoms. The van der Waals surface area contributed by atoms with Crippen LogP contribution in [0.5, 0.6) is 0 Å². The molecule has 0 spiro atoms. The quantitative estimate of drug-likeness (QED) is 0.662. The van der Waals surface area contributed by atoms with Crippen molar-refractivity contribution in [3.8, 4) is 0 Å². The Morgan fingerprint density at radius 1 is 1.17 bits per heavy atom. The molecule has 0 aliphatic heterocycles. The van der Waals surface area contributed by atoms with E-state index in [1.807, 2.05) is 0 Å². The number of alkyl halides is 3. The highest BCUT2D eigenvalue weighted by molar-refractivity contribution is 5.76. The number of carbonyl (C=O) groups excluding carboxylic acids is 1. The van der Waals surface area contributed by atoms with E-state index >= 15 is 0 Å². The average molecular weight is 343 g/mol. The van der Waals surface area contributed by atoms with E-state index in [0.717, 1.165) is 0 Å². The molecular formula is C14H24F3NO5. The Morgan fingerprint density at radius 2 is 1.74 bits per heavy atom. The van der Waals surface area contributed by atoms with Gasteiger partial charge in [-0.1, -0.05) is 6.92 Å². The van der Waals surface area contributed by atoms with Crippen LogP contribution in [0.1, 0.15) is 40.5 Å². The lowest BCUT2D eigenvalue weighted by Gasteiger charge is -2.29. The number of halogens is 3. The number of carbonyl (C=O) groups is 2. The van der Waals surface area contributed by atoms with Gasteiger partial charge < -0.3 is 19.9 Å². The maximum atomic E-state index is 12.0. The highest BCUT2D eigenvalue weighted by Crippen LogP contribution is 2.27. The standard InChI is InChI=1S/C14H24F3NO5/c1-5-13(10(19)20,6-7-22-9-14(15,16)17)8-18-11(21)23-12(2,3)4/h5-9H2,1-4H3,(H,18,21)(H,19,20). The van der Waals surface area contributed by atoms with Crippen molar-refractivity contribution in [3.05, 3.63) is 0 Å². The molecule has 2 N–H and O–H groups in total. The first kappa shape index (κ1) is 21.5. The Balaban J connectivity index is 4.61. The van der Waals surface area contributed by atoms with Gasteiger partial charge in [-0.2, -0.15) is 13.2 Å². The van der Waals surface area contributed by atoms with E-state index < -0.39 is 35.9 Å². The fourth-order valence-electron chi connectivity index (χ4n) is 1.73. The van der Waals surface area contributed by atoms with Gasteiger partial charge in [0.25, 0.3) is 0 Å². The average Bonchev–Trinajstić information content (AvgIpc) is 2.34. The van der Waals surface area contributed by atoms with Gasteiger partial charge in [0.05, 0.1) is 5.41 Å². The van der Waals surface area contributed by atoms with Gasteiger partial charge in [0, 0.05) is 13.2 Å². The van der Waals surface area contributed by atoms with Crippen molar-refractivity contribution >= 4 is 12.1 Å². The molecular weight excluding hydrogens is 319 g/mol. The van der Waals surface area contributed by atoms with Crippen molar-refractivity contribution in [2.24, 2.45) is 5.41 Å². The second-order valence-electron chi connectivity index (χ2n) is 6.21. The number of nitrogens with one attached hydrogen (secondary N) is 1. The van der Waals surface area contributed by atoms with Gasteiger partial charge in [0.15, 0.2) is 0 Å². The molecule has 0 saturated heterocycles. The Labute approximate surface area is 133 Å². The van der Waals surface area contributed by atoms with Crippen molar-refractivity contribution in [2.45, 2.75) is 52.3 Å². The molecule has 0 heterocycles. The lowest BCUT2D eigenvalue weighted by atomic mass is 9.82. The van der Waals surface area contributed by atoms with E-state index in [0.29, 0.717) is 0 Å². The normalized spacial score (nSPS) is 14.9. The molecule has 23 heavy (non-hydrogen) atoms. The SMILES string of the molecule is CCC(CCOCC(F)(F)F)(CNC(=O)OC(C)(C)C)C(=O)O. The minimum absolute atomic E-state index is 0.119. The highest BCUT2D eigenvalue weighted by atomic mass is 19.4. The van der Waals surface area contributed by atoms with Crippen LogP contribution >= 0.6 is 0 Å². The molecule has 0 aromatic heterocycles. The van der Waals surface area contributed by atoms with Crippen LogP contribution in [-0.2, 0) is 14.3 Å². The Hall–Kier alpha value is -1.51. The van der Waals surface area contributed by atoms with E-state index in [9.17, 15) is 27.9 Å². The molecule has 0 rings (SSSR count). The first-order valence-electron chi connectivity index (χ1n) is 7.16. The molecule has 1 atom stereocenters. The van der Waals surface area contributed by atoms with Gasteiger partial charge in [-0.3, -0.25) is 4.79 Å². The van der Waals surface area contributed by atoms with E-state index in [2.05, 4.69) is 10.1 Å². The minimum atomic E-state index is -4.47. The molecule has 6 nitrogen and oxygen atoms in total. The molecule has 0 aromatic rings. The minimum Gasteiger partial charge on any atom is -0.481 e. The maximum absolute atomic E-state index is 12.0. The fourth-order valence-corrected chi connectivity index (χ4v) is 1.73. The number of rotatable bonds is 8. The third-order valence-corrected chi connectivity index (χ3v) is 3.09. The third kappa shape index (κ3) is 9.27. The second-order valence-corrected chi connectivity index (χ2v) is 6.21. The van der Waals surface area contributed by atoms with Crippen LogP contribution in [-0.4, -0.2) is 48.7 Å². The molecule has 136 valence electrons. The molecule has 1 amide bonds. The number of carboxylic acid groups (broad SMARTS) is 1. The number of carboxylic acids is 1. The lowest BCUT2D eigenvalue weighted by molar-refractivity contribution is -0.176. The summed E-state index contributed by atoms with van der Waals surface area (Å²) in [7, 11) is 0. The summed E-state index contributed by atoms with van der Waals surface area (Å²) < 4.78 is 45.5. The summed E-state index contributed by atoms with van der Waals surface area (Å²) in [6.45, 7) is 4.46. The number of aliphatic carboxylic acids is 1.